The topological polar surface area (TPSA) is 52.0 Å². The van der Waals surface area contributed by atoms with Gasteiger partial charge in [0.1, 0.15) is 17.5 Å². The molecule has 4 nitrogen and oxygen atoms in total. The Balaban J connectivity index is 1.75. The van der Waals surface area contributed by atoms with Crippen molar-refractivity contribution in [2.45, 2.75) is 25.8 Å². The molecule has 1 aromatic heterocycles. The number of nitriles is 1. The summed E-state index contributed by atoms with van der Waals surface area (Å²) in [6.45, 7) is 2.56. The molecule has 0 aliphatic carbocycles. The third kappa shape index (κ3) is 3.70. The maximum atomic E-state index is 9.95. The normalized spacial score (nSPS) is 14.1. The zero-order valence-electron chi connectivity index (χ0n) is 15.1. The molecular weight excluding hydrogens is 356 g/mol. The molecule has 27 heavy (non-hydrogen) atoms. The number of halogens is 1. The summed E-state index contributed by atoms with van der Waals surface area (Å²) in [5, 5.41) is 15.1. The number of anilines is 2. The van der Waals surface area contributed by atoms with Crippen molar-refractivity contribution in [3.8, 4) is 6.07 Å². The predicted molar refractivity (Wildman–Crippen MR) is 111 cm³/mol. The van der Waals surface area contributed by atoms with Gasteiger partial charge in [0, 0.05) is 30.0 Å². The van der Waals surface area contributed by atoms with Crippen LogP contribution in [-0.2, 0) is 6.54 Å². The number of hydrogen-bond donors (Lipinski definition) is 1. The van der Waals surface area contributed by atoms with Gasteiger partial charge in [0.25, 0.3) is 0 Å². The van der Waals surface area contributed by atoms with Crippen molar-refractivity contribution in [2.75, 3.05) is 23.3 Å². The maximum absolute atomic E-state index is 9.95. The van der Waals surface area contributed by atoms with Gasteiger partial charge in [-0.3, -0.25) is 0 Å². The van der Waals surface area contributed by atoms with E-state index in [1.807, 2.05) is 42.5 Å². The number of fused-ring (bicyclic) bond motifs is 1. The number of pyridine rings is 1. The summed E-state index contributed by atoms with van der Waals surface area (Å²) < 4.78 is 0. The molecule has 1 saturated heterocycles. The van der Waals surface area contributed by atoms with Crippen molar-refractivity contribution in [1.82, 2.24) is 4.98 Å². The van der Waals surface area contributed by atoms with Crippen LogP contribution in [-0.4, -0.2) is 18.1 Å². The van der Waals surface area contributed by atoms with Gasteiger partial charge >= 0.3 is 0 Å². The summed E-state index contributed by atoms with van der Waals surface area (Å²) in [6, 6.07) is 18.2. The molecule has 2 heterocycles. The Labute approximate surface area is 164 Å². The van der Waals surface area contributed by atoms with Crippen molar-refractivity contribution >= 4 is 34.0 Å². The quantitative estimate of drug-likeness (QED) is 0.665. The molecule has 0 radical (unpaired) electrons. The molecule has 0 amide bonds. The number of aromatic nitrogens is 1. The van der Waals surface area contributed by atoms with Crippen LogP contribution in [0.25, 0.3) is 10.9 Å². The monoisotopic (exact) mass is 376 g/mol. The van der Waals surface area contributed by atoms with Crippen LogP contribution in [0.15, 0.2) is 48.5 Å². The van der Waals surface area contributed by atoms with Crippen LogP contribution >= 0.6 is 11.6 Å². The third-order valence-corrected chi connectivity index (χ3v) is 5.27. The van der Waals surface area contributed by atoms with Crippen molar-refractivity contribution in [3.63, 3.8) is 0 Å². The lowest BCUT2D eigenvalue weighted by molar-refractivity contribution is 0.578. The molecule has 0 atom stereocenters. The summed E-state index contributed by atoms with van der Waals surface area (Å²) in [4.78, 5) is 7.09. The molecule has 2 aromatic carbocycles. The Morgan fingerprint density at radius 2 is 1.78 bits per heavy atom. The van der Waals surface area contributed by atoms with E-state index in [4.69, 9.17) is 16.6 Å². The van der Waals surface area contributed by atoms with E-state index in [9.17, 15) is 5.26 Å². The highest BCUT2D eigenvalue weighted by molar-refractivity contribution is 6.30. The van der Waals surface area contributed by atoms with Gasteiger partial charge in [0.2, 0.25) is 0 Å². The van der Waals surface area contributed by atoms with Crippen LogP contribution in [0.1, 0.15) is 30.4 Å². The van der Waals surface area contributed by atoms with Crippen LogP contribution in [0.4, 0.5) is 11.5 Å². The fourth-order valence-corrected chi connectivity index (χ4v) is 3.79. The molecule has 1 fully saturated rings. The zero-order valence-corrected chi connectivity index (χ0v) is 15.8. The first-order valence-electron chi connectivity index (χ1n) is 9.32. The Morgan fingerprint density at radius 3 is 2.52 bits per heavy atom. The van der Waals surface area contributed by atoms with Gasteiger partial charge < -0.3 is 10.2 Å². The largest absolute Gasteiger partial charge is 0.370 e. The predicted octanol–water partition coefficient (Wildman–Crippen LogP) is 5.36. The summed E-state index contributed by atoms with van der Waals surface area (Å²) in [5.41, 5.74) is 3.65. The lowest BCUT2D eigenvalue weighted by Crippen LogP contribution is -2.30. The first-order chi connectivity index (χ1) is 13.3. The van der Waals surface area contributed by atoms with E-state index >= 15 is 0 Å². The second-order valence-electron chi connectivity index (χ2n) is 6.84. The van der Waals surface area contributed by atoms with E-state index in [0.29, 0.717) is 22.9 Å². The number of nitrogens with zero attached hydrogens (tertiary/aromatic N) is 3. The fraction of sp³-hybridized carbons (Fsp3) is 0.273. The van der Waals surface area contributed by atoms with Crippen LogP contribution in [0.2, 0.25) is 5.02 Å². The Kier molecular flexibility index (Phi) is 5.13. The minimum absolute atomic E-state index is 0.594. The van der Waals surface area contributed by atoms with E-state index in [1.165, 1.54) is 6.42 Å². The molecule has 1 aliphatic rings. The SMILES string of the molecule is N#Cc1c(NCc2ccc(Cl)cc2)nc2ccccc2c1N1CCCCC1. The molecule has 3 aromatic rings. The fourth-order valence-electron chi connectivity index (χ4n) is 3.66. The van der Waals surface area contributed by atoms with Crippen LogP contribution in [0.5, 0.6) is 0 Å². The zero-order chi connectivity index (χ0) is 18.6. The first kappa shape index (κ1) is 17.6. The Bertz CT molecular complexity index is 986. The molecule has 1 aliphatic heterocycles. The second-order valence-corrected chi connectivity index (χ2v) is 7.28. The highest BCUT2D eigenvalue weighted by Crippen LogP contribution is 2.35. The average molecular weight is 377 g/mol. The summed E-state index contributed by atoms with van der Waals surface area (Å²) in [7, 11) is 0. The van der Waals surface area contributed by atoms with Gasteiger partial charge in [-0.1, -0.05) is 41.9 Å². The maximum Gasteiger partial charge on any atom is 0.147 e. The molecule has 0 saturated carbocycles. The van der Waals surface area contributed by atoms with E-state index in [2.05, 4.69) is 22.4 Å². The summed E-state index contributed by atoms with van der Waals surface area (Å²) in [5.74, 6) is 0.645. The standard InChI is InChI=1S/C22H21ClN4/c23-17-10-8-16(9-11-17)15-25-22-19(14-24)21(27-12-4-1-5-13-27)18-6-2-3-7-20(18)26-22/h2-3,6-11H,1,4-5,12-13,15H2,(H,25,26). The number of hydrogen-bond acceptors (Lipinski definition) is 4. The van der Waals surface area contributed by atoms with Gasteiger partial charge in [-0.05, 0) is 43.0 Å². The molecule has 4 rings (SSSR count). The highest BCUT2D eigenvalue weighted by Gasteiger charge is 2.21. The van der Waals surface area contributed by atoms with Gasteiger partial charge in [-0.15, -0.1) is 0 Å². The number of para-hydroxylation sites is 1. The Hall–Kier alpha value is -2.77. The van der Waals surface area contributed by atoms with Crippen molar-refractivity contribution in [3.05, 3.63) is 64.7 Å². The number of nitrogens with one attached hydrogen (secondary N) is 1. The number of rotatable bonds is 4. The van der Waals surface area contributed by atoms with Crippen molar-refractivity contribution < 1.29 is 0 Å². The van der Waals surface area contributed by atoms with Crippen molar-refractivity contribution in [1.29, 1.82) is 5.26 Å². The van der Waals surface area contributed by atoms with Crippen molar-refractivity contribution in [2.24, 2.45) is 0 Å². The minimum Gasteiger partial charge on any atom is -0.370 e. The average Bonchev–Trinajstić information content (AvgIpc) is 2.72. The van der Waals surface area contributed by atoms with Gasteiger partial charge in [0.05, 0.1) is 11.2 Å². The molecular formula is C22H21ClN4. The summed E-state index contributed by atoms with van der Waals surface area (Å²) in [6.07, 6.45) is 3.58. The molecule has 136 valence electrons. The second kappa shape index (κ2) is 7.85. The van der Waals surface area contributed by atoms with E-state index in [-0.39, 0.29) is 0 Å². The van der Waals surface area contributed by atoms with Gasteiger partial charge in [-0.2, -0.15) is 5.26 Å². The summed E-state index contributed by atoms with van der Waals surface area (Å²) >= 11 is 5.97. The van der Waals surface area contributed by atoms with E-state index in [0.717, 1.165) is 48.1 Å². The van der Waals surface area contributed by atoms with Crippen LogP contribution in [0.3, 0.4) is 0 Å². The molecule has 0 spiro atoms. The molecule has 0 bridgehead atoms. The third-order valence-electron chi connectivity index (χ3n) is 5.02. The smallest absolute Gasteiger partial charge is 0.147 e. The Morgan fingerprint density at radius 1 is 1.04 bits per heavy atom. The van der Waals surface area contributed by atoms with Crippen LogP contribution < -0.4 is 10.2 Å². The van der Waals surface area contributed by atoms with E-state index in [1.54, 1.807) is 0 Å². The lowest BCUT2D eigenvalue weighted by Gasteiger charge is -2.31. The first-order valence-corrected chi connectivity index (χ1v) is 9.70. The molecule has 1 N–H and O–H groups in total. The number of piperidine rings is 1. The van der Waals surface area contributed by atoms with Gasteiger partial charge in [-0.25, -0.2) is 4.98 Å². The lowest BCUT2D eigenvalue weighted by atomic mass is 10.0. The highest BCUT2D eigenvalue weighted by atomic mass is 35.5. The molecule has 5 heteroatoms. The van der Waals surface area contributed by atoms with E-state index < -0.39 is 0 Å². The minimum atomic E-state index is 0.594. The van der Waals surface area contributed by atoms with Gasteiger partial charge in [0.15, 0.2) is 0 Å². The number of benzene rings is 2. The van der Waals surface area contributed by atoms with Crippen LogP contribution in [0, 0.1) is 11.3 Å². The molecule has 0 unspecified atom stereocenters.